The minimum Gasteiger partial charge on any atom is -0.356 e. The summed E-state index contributed by atoms with van der Waals surface area (Å²) in [4.78, 5) is 22.7. The Morgan fingerprint density at radius 2 is 1.91 bits per heavy atom. The number of anilines is 1. The van der Waals surface area contributed by atoms with Gasteiger partial charge in [-0.25, -0.2) is 9.97 Å². The normalized spacial score (nSPS) is 10.6. The summed E-state index contributed by atoms with van der Waals surface area (Å²) >= 11 is 7.44. The second-order valence-electron chi connectivity index (χ2n) is 5.31. The monoisotopic (exact) mass is 358 g/mol. The van der Waals surface area contributed by atoms with Crippen LogP contribution in [0.15, 0.2) is 11.2 Å². The molecule has 0 radical (unpaired) electrons. The quantitative estimate of drug-likeness (QED) is 0.282. The first-order chi connectivity index (χ1) is 11.1. The van der Waals surface area contributed by atoms with Crippen molar-refractivity contribution in [1.29, 1.82) is 0 Å². The van der Waals surface area contributed by atoms with Crippen LogP contribution in [0.5, 0.6) is 0 Å². The van der Waals surface area contributed by atoms with Crippen molar-refractivity contribution >= 4 is 35.1 Å². The first kappa shape index (κ1) is 20.0. The average molecular weight is 359 g/mol. The number of carbonyl (C=O) groups excluding carboxylic acids is 1. The number of hydrogen-bond acceptors (Lipinski definition) is 5. The van der Waals surface area contributed by atoms with E-state index in [1.54, 1.807) is 6.07 Å². The Morgan fingerprint density at radius 3 is 2.52 bits per heavy atom. The maximum absolute atomic E-state index is 11.8. The lowest BCUT2D eigenvalue weighted by Gasteiger charge is -2.22. The van der Waals surface area contributed by atoms with E-state index in [9.17, 15) is 4.79 Å². The molecule has 0 spiro atoms. The van der Waals surface area contributed by atoms with E-state index in [0.717, 1.165) is 51.1 Å². The van der Waals surface area contributed by atoms with Gasteiger partial charge in [-0.05, 0) is 19.3 Å². The van der Waals surface area contributed by atoms with E-state index < -0.39 is 0 Å². The number of halogens is 1. The van der Waals surface area contributed by atoms with Crippen LogP contribution in [0.1, 0.15) is 46.5 Å². The summed E-state index contributed by atoms with van der Waals surface area (Å²) in [6.07, 6.45) is 4.16. The minimum atomic E-state index is 0.00699. The van der Waals surface area contributed by atoms with E-state index in [0.29, 0.717) is 16.1 Å². The van der Waals surface area contributed by atoms with Crippen molar-refractivity contribution in [2.75, 3.05) is 30.3 Å². The van der Waals surface area contributed by atoms with Gasteiger partial charge in [-0.1, -0.05) is 50.6 Å². The molecule has 0 atom stereocenters. The Hall–Kier alpha value is -1.01. The maximum atomic E-state index is 11.8. The number of hydrogen-bond donors (Lipinski definition) is 1. The van der Waals surface area contributed by atoms with Crippen LogP contribution >= 0.6 is 23.4 Å². The highest BCUT2D eigenvalue weighted by Gasteiger charge is 2.11. The summed E-state index contributed by atoms with van der Waals surface area (Å²) in [5.41, 5.74) is 0. The molecule has 130 valence electrons. The van der Waals surface area contributed by atoms with Crippen LogP contribution in [-0.4, -0.2) is 41.3 Å². The average Bonchev–Trinajstić information content (AvgIpc) is 2.52. The number of nitrogens with one attached hydrogen (secondary N) is 1. The minimum absolute atomic E-state index is 0.00699. The van der Waals surface area contributed by atoms with Gasteiger partial charge in [0.1, 0.15) is 11.0 Å². The topological polar surface area (TPSA) is 58.1 Å². The molecule has 1 N–H and O–H groups in total. The van der Waals surface area contributed by atoms with Crippen LogP contribution in [0.25, 0.3) is 0 Å². The Bertz CT molecular complexity index is 481. The van der Waals surface area contributed by atoms with Gasteiger partial charge >= 0.3 is 0 Å². The first-order valence-electron chi connectivity index (χ1n) is 8.29. The summed E-state index contributed by atoms with van der Waals surface area (Å²) in [7, 11) is 0. The number of carbonyl (C=O) groups is 1. The number of rotatable bonds is 11. The van der Waals surface area contributed by atoms with Gasteiger partial charge < -0.3 is 10.2 Å². The van der Waals surface area contributed by atoms with E-state index in [2.05, 4.69) is 41.0 Å². The van der Waals surface area contributed by atoms with E-state index in [1.165, 1.54) is 11.8 Å². The van der Waals surface area contributed by atoms with Crippen molar-refractivity contribution in [2.45, 2.75) is 51.6 Å². The zero-order valence-corrected chi connectivity index (χ0v) is 15.8. The number of aromatic nitrogens is 2. The van der Waals surface area contributed by atoms with Gasteiger partial charge in [0.15, 0.2) is 5.16 Å². The Morgan fingerprint density at radius 1 is 1.22 bits per heavy atom. The highest BCUT2D eigenvalue weighted by atomic mass is 35.5. The van der Waals surface area contributed by atoms with Gasteiger partial charge in [0.2, 0.25) is 5.91 Å². The first-order valence-corrected chi connectivity index (χ1v) is 9.66. The van der Waals surface area contributed by atoms with Crippen molar-refractivity contribution in [1.82, 2.24) is 15.3 Å². The summed E-state index contributed by atoms with van der Waals surface area (Å²) < 4.78 is 0. The third kappa shape index (κ3) is 7.88. The lowest BCUT2D eigenvalue weighted by Crippen LogP contribution is -2.27. The SMILES string of the molecule is CCCCNC(=O)CSc1nc(Cl)cc(N(CCC)CCC)n1. The molecule has 7 heteroatoms. The molecule has 0 saturated carbocycles. The molecule has 1 aromatic heterocycles. The summed E-state index contributed by atoms with van der Waals surface area (Å²) in [5, 5.41) is 3.86. The molecule has 0 unspecified atom stereocenters. The fourth-order valence-electron chi connectivity index (χ4n) is 2.08. The van der Waals surface area contributed by atoms with Gasteiger partial charge in [0, 0.05) is 25.7 Å². The van der Waals surface area contributed by atoms with Crippen LogP contribution < -0.4 is 10.2 Å². The van der Waals surface area contributed by atoms with Crippen LogP contribution in [0, 0.1) is 0 Å². The Balaban J connectivity index is 2.67. The zero-order valence-electron chi connectivity index (χ0n) is 14.3. The van der Waals surface area contributed by atoms with Crippen LogP contribution in [0.3, 0.4) is 0 Å². The van der Waals surface area contributed by atoms with Gasteiger partial charge in [0.05, 0.1) is 5.75 Å². The van der Waals surface area contributed by atoms with Gasteiger partial charge in [0.25, 0.3) is 0 Å². The number of unbranched alkanes of at least 4 members (excludes halogenated alkanes) is 1. The van der Waals surface area contributed by atoms with Crippen LogP contribution in [0.4, 0.5) is 5.82 Å². The van der Waals surface area contributed by atoms with E-state index in [-0.39, 0.29) is 5.91 Å². The van der Waals surface area contributed by atoms with Gasteiger partial charge in [-0.2, -0.15) is 0 Å². The molecule has 0 aliphatic heterocycles. The molecule has 5 nitrogen and oxygen atoms in total. The van der Waals surface area contributed by atoms with Crippen molar-refractivity contribution in [3.63, 3.8) is 0 Å². The van der Waals surface area contributed by atoms with Crippen molar-refractivity contribution < 1.29 is 4.79 Å². The second-order valence-corrected chi connectivity index (χ2v) is 6.64. The molecule has 23 heavy (non-hydrogen) atoms. The fourth-order valence-corrected chi connectivity index (χ4v) is 2.99. The molecular weight excluding hydrogens is 332 g/mol. The Labute approximate surface area is 148 Å². The van der Waals surface area contributed by atoms with Crippen molar-refractivity contribution in [3.05, 3.63) is 11.2 Å². The molecule has 1 amide bonds. The molecule has 1 heterocycles. The van der Waals surface area contributed by atoms with Crippen LogP contribution in [-0.2, 0) is 4.79 Å². The van der Waals surface area contributed by atoms with Crippen LogP contribution in [0.2, 0.25) is 5.15 Å². The predicted molar refractivity (Wildman–Crippen MR) is 98.5 cm³/mol. The summed E-state index contributed by atoms with van der Waals surface area (Å²) in [6, 6.07) is 1.79. The second kappa shape index (κ2) is 11.5. The van der Waals surface area contributed by atoms with Gasteiger partial charge in [-0.15, -0.1) is 0 Å². The standard InChI is InChI=1S/C16H27ClN4OS/c1-4-7-8-18-15(22)12-23-16-19-13(17)11-14(20-16)21(9-5-2)10-6-3/h11H,4-10,12H2,1-3H3,(H,18,22). The largest absolute Gasteiger partial charge is 0.356 e. The predicted octanol–water partition coefficient (Wildman–Crippen LogP) is 3.76. The number of amides is 1. The zero-order chi connectivity index (χ0) is 17.1. The molecule has 0 aliphatic rings. The fraction of sp³-hybridized carbons (Fsp3) is 0.688. The van der Waals surface area contributed by atoms with Gasteiger partial charge in [-0.3, -0.25) is 4.79 Å². The highest BCUT2D eigenvalue weighted by Crippen LogP contribution is 2.22. The number of nitrogens with zero attached hydrogens (tertiary/aromatic N) is 3. The van der Waals surface area contributed by atoms with Crippen molar-refractivity contribution in [3.8, 4) is 0 Å². The highest BCUT2D eigenvalue weighted by molar-refractivity contribution is 7.99. The summed E-state index contributed by atoms with van der Waals surface area (Å²) in [6.45, 7) is 8.97. The molecule has 0 fully saturated rings. The molecule has 1 aromatic rings. The lowest BCUT2D eigenvalue weighted by atomic mass is 10.3. The van der Waals surface area contributed by atoms with E-state index >= 15 is 0 Å². The lowest BCUT2D eigenvalue weighted by molar-refractivity contribution is -0.118. The number of thioether (sulfide) groups is 1. The summed E-state index contributed by atoms with van der Waals surface area (Å²) in [5.74, 6) is 1.15. The third-order valence-corrected chi connectivity index (χ3v) is 4.20. The molecule has 0 bridgehead atoms. The molecule has 0 aliphatic carbocycles. The maximum Gasteiger partial charge on any atom is 0.230 e. The smallest absolute Gasteiger partial charge is 0.230 e. The van der Waals surface area contributed by atoms with E-state index in [1.807, 2.05) is 0 Å². The molecular formula is C16H27ClN4OS. The molecule has 1 rings (SSSR count). The Kier molecular flexibility index (Phi) is 10.0. The molecule has 0 saturated heterocycles. The van der Waals surface area contributed by atoms with Crippen molar-refractivity contribution in [2.24, 2.45) is 0 Å². The molecule has 0 aromatic carbocycles. The third-order valence-electron chi connectivity index (χ3n) is 3.16. The van der Waals surface area contributed by atoms with E-state index in [4.69, 9.17) is 11.6 Å².